The van der Waals surface area contributed by atoms with Crippen molar-refractivity contribution in [2.24, 2.45) is 5.73 Å². The highest BCUT2D eigenvalue weighted by Gasteiger charge is 2.21. The summed E-state index contributed by atoms with van der Waals surface area (Å²) in [6.45, 7) is 0.170. The number of benzene rings is 1. The Labute approximate surface area is 126 Å². The predicted molar refractivity (Wildman–Crippen MR) is 67.0 cm³/mol. The number of carbonyl (C=O) groups excluding carboxylic acids is 2. The van der Waals surface area contributed by atoms with Gasteiger partial charge < -0.3 is 27.5 Å². The molecule has 0 saturated heterocycles. The molecule has 2 rings (SSSR count). The molecule has 2 N–H and O–H groups in total. The Bertz CT molecular complexity index is 613. The van der Waals surface area contributed by atoms with Crippen LogP contribution in [0, 0.1) is 0 Å². The lowest BCUT2D eigenvalue weighted by Gasteiger charge is -2.01. The molecule has 0 unspecified atom stereocenters. The fraction of sp³-hybridized carbons (Fsp3) is 0.231. The number of halogens is 1. The van der Waals surface area contributed by atoms with Crippen molar-refractivity contribution in [3.8, 4) is 0 Å². The first kappa shape index (κ1) is 16.2. The second kappa shape index (κ2) is 7.66. The molecule has 106 valence electrons. The maximum Gasteiger partial charge on any atom is 0.381 e. The van der Waals surface area contributed by atoms with Crippen LogP contribution in [0.3, 0.4) is 0 Å². The van der Waals surface area contributed by atoms with E-state index in [2.05, 4.69) is 4.98 Å². The van der Waals surface area contributed by atoms with Gasteiger partial charge in [-0.1, -0.05) is 12.1 Å². The summed E-state index contributed by atoms with van der Waals surface area (Å²) in [5, 5.41) is 0. The van der Waals surface area contributed by atoms with Crippen molar-refractivity contribution in [1.82, 2.24) is 4.98 Å². The third-order valence-electron chi connectivity index (χ3n) is 2.54. The van der Waals surface area contributed by atoms with Gasteiger partial charge in [0.25, 0.3) is 0 Å². The fourth-order valence-corrected chi connectivity index (χ4v) is 1.68. The van der Waals surface area contributed by atoms with E-state index in [-0.39, 0.29) is 36.7 Å². The molecule has 2 aromatic rings. The average molecular weight is 340 g/mol. The normalized spacial score (nSPS) is 9.85. The molecule has 0 aliphatic rings. The molecular weight excluding hydrogens is 326 g/mol. The summed E-state index contributed by atoms with van der Waals surface area (Å²) < 4.78 is 6.36. The minimum atomic E-state index is -0.862. The van der Waals surface area contributed by atoms with E-state index in [1.54, 1.807) is 17.0 Å². The molecule has 0 atom stereocenters. The Kier molecular flexibility index (Phi) is 6.20. The molecule has 0 radical (unpaired) electrons. The largest absolute Gasteiger partial charge is 1.00 e. The molecule has 7 heteroatoms. The van der Waals surface area contributed by atoms with Crippen LogP contribution in [0.5, 0.6) is 0 Å². The van der Waals surface area contributed by atoms with Gasteiger partial charge in [0, 0.05) is 12.6 Å². The molecule has 0 amide bonds. The first-order chi connectivity index (χ1) is 9.22. The van der Waals surface area contributed by atoms with E-state index in [4.69, 9.17) is 10.5 Å². The highest BCUT2D eigenvalue weighted by molar-refractivity contribution is 6.33. The summed E-state index contributed by atoms with van der Waals surface area (Å²) in [6.07, 6.45) is 3.23. The number of rotatable bonds is 5. The second-order valence-corrected chi connectivity index (χ2v) is 3.89. The summed E-state index contributed by atoms with van der Waals surface area (Å²) in [5.41, 5.74) is 6.74. The Morgan fingerprint density at radius 1 is 1.30 bits per heavy atom. The summed E-state index contributed by atoms with van der Waals surface area (Å²) in [6, 6.07) is 7.37. The molecule has 0 aliphatic carbocycles. The summed E-state index contributed by atoms with van der Waals surface area (Å²) in [7, 11) is 0. The van der Waals surface area contributed by atoms with Gasteiger partial charge in [-0.25, -0.2) is 9.78 Å². The molecule has 0 fully saturated rings. The number of hydrogen-bond acceptors (Lipinski definition) is 5. The second-order valence-electron chi connectivity index (χ2n) is 3.89. The van der Waals surface area contributed by atoms with E-state index in [1.165, 1.54) is 0 Å². The zero-order chi connectivity index (χ0) is 13.7. The van der Waals surface area contributed by atoms with E-state index in [9.17, 15) is 9.59 Å². The van der Waals surface area contributed by atoms with E-state index in [0.29, 0.717) is 0 Å². The number of fused-ring (bicyclic) bond motifs is 1. The lowest BCUT2D eigenvalue weighted by molar-refractivity contribution is -0.658. The van der Waals surface area contributed by atoms with Crippen LogP contribution >= 0.6 is 0 Å². The predicted octanol–water partition coefficient (Wildman–Crippen LogP) is -3.40. The monoisotopic (exact) mass is 339 g/mol. The first-order valence-corrected chi connectivity index (χ1v) is 5.85. The SMILES string of the molecule is NCCOC(=O)C(=O)C[n+]1ccnc2ccccc21.[Br-]. The number of aromatic nitrogens is 2. The molecule has 1 aromatic carbocycles. The fourth-order valence-electron chi connectivity index (χ4n) is 1.68. The smallest absolute Gasteiger partial charge is 0.381 e. The number of ether oxygens (including phenoxy) is 1. The number of para-hydroxylation sites is 2. The van der Waals surface area contributed by atoms with E-state index < -0.39 is 11.8 Å². The lowest BCUT2D eigenvalue weighted by atomic mass is 10.3. The maximum atomic E-state index is 11.7. The van der Waals surface area contributed by atoms with Crippen LogP contribution in [0.25, 0.3) is 11.0 Å². The van der Waals surface area contributed by atoms with Gasteiger partial charge >= 0.3 is 11.8 Å². The highest BCUT2D eigenvalue weighted by atomic mass is 79.9. The average Bonchev–Trinajstić information content (AvgIpc) is 2.45. The van der Waals surface area contributed by atoms with Crippen molar-refractivity contribution in [1.29, 1.82) is 0 Å². The molecule has 0 aliphatic heterocycles. The van der Waals surface area contributed by atoms with Crippen LogP contribution in [-0.2, 0) is 20.9 Å². The maximum absolute atomic E-state index is 11.7. The Morgan fingerprint density at radius 3 is 2.80 bits per heavy atom. The molecular formula is C13H14BrN3O3. The van der Waals surface area contributed by atoms with Crippen LogP contribution in [0.15, 0.2) is 36.7 Å². The minimum Gasteiger partial charge on any atom is -1.00 e. The standard InChI is InChI=1S/C13H14N3O3.BrH/c14-5-8-19-13(18)12(17)9-16-7-6-15-10-3-1-2-4-11(10)16;/h1-4,6-7H,5,8-9,14H2;1H/q+1;/p-1. The van der Waals surface area contributed by atoms with E-state index in [0.717, 1.165) is 11.0 Å². The number of carbonyl (C=O) groups is 2. The number of ketones is 1. The summed E-state index contributed by atoms with van der Waals surface area (Å²) in [4.78, 5) is 27.3. The number of hydrogen-bond donors (Lipinski definition) is 1. The topological polar surface area (TPSA) is 86.2 Å². The Balaban J connectivity index is 0.00000200. The Morgan fingerprint density at radius 2 is 2.05 bits per heavy atom. The number of esters is 1. The zero-order valence-electron chi connectivity index (χ0n) is 10.7. The van der Waals surface area contributed by atoms with Gasteiger partial charge in [-0.2, -0.15) is 4.57 Å². The van der Waals surface area contributed by atoms with Gasteiger partial charge in [0.05, 0.1) is 6.20 Å². The quantitative estimate of drug-likeness (QED) is 0.348. The molecule has 6 nitrogen and oxygen atoms in total. The molecule has 0 saturated carbocycles. The molecule has 0 bridgehead atoms. The van der Waals surface area contributed by atoms with Crippen LogP contribution in [0.4, 0.5) is 0 Å². The van der Waals surface area contributed by atoms with Crippen molar-refractivity contribution in [2.75, 3.05) is 13.2 Å². The van der Waals surface area contributed by atoms with Crippen molar-refractivity contribution in [3.05, 3.63) is 36.7 Å². The summed E-state index contributed by atoms with van der Waals surface area (Å²) in [5.74, 6) is -1.48. The molecule has 0 spiro atoms. The van der Waals surface area contributed by atoms with Crippen LogP contribution in [-0.4, -0.2) is 29.9 Å². The van der Waals surface area contributed by atoms with Crippen molar-refractivity contribution in [3.63, 3.8) is 0 Å². The highest BCUT2D eigenvalue weighted by Crippen LogP contribution is 2.04. The summed E-state index contributed by atoms with van der Waals surface area (Å²) >= 11 is 0. The van der Waals surface area contributed by atoms with E-state index >= 15 is 0 Å². The first-order valence-electron chi connectivity index (χ1n) is 5.85. The van der Waals surface area contributed by atoms with Gasteiger partial charge in [-0.15, -0.1) is 0 Å². The molecule has 20 heavy (non-hydrogen) atoms. The third-order valence-corrected chi connectivity index (χ3v) is 2.54. The van der Waals surface area contributed by atoms with Crippen molar-refractivity contribution >= 4 is 22.8 Å². The van der Waals surface area contributed by atoms with Crippen LogP contribution < -0.4 is 27.3 Å². The van der Waals surface area contributed by atoms with Gasteiger partial charge in [0.15, 0.2) is 6.20 Å². The third kappa shape index (κ3) is 3.82. The van der Waals surface area contributed by atoms with Crippen LogP contribution in [0.1, 0.15) is 0 Å². The Hall–Kier alpha value is -1.86. The number of nitrogens with zero attached hydrogens (tertiary/aromatic N) is 2. The van der Waals surface area contributed by atoms with Crippen LogP contribution in [0.2, 0.25) is 0 Å². The molecule has 1 heterocycles. The van der Waals surface area contributed by atoms with Crippen molar-refractivity contribution < 1.29 is 35.9 Å². The van der Waals surface area contributed by atoms with Gasteiger partial charge in [-0.3, -0.25) is 4.79 Å². The van der Waals surface area contributed by atoms with Gasteiger partial charge in [0.1, 0.15) is 12.1 Å². The van der Waals surface area contributed by atoms with Gasteiger partial charge in [0.2, 0.25) is 12.1 Å². The molecule has 1 aromatic heterocycles. The number of nitrogens with two attached hydrogens (primary N) is 1. The van der Waals surface area contributed by atoms with Crippen molar-refractivity contribution in [2.45, 2.75) is 6.54 Å². The number of Topliss-reactive ketones (excluding diaryl/α,β-unsaturated/α-hetero) is 1. The lowest BCUT2D eigenvalue weighted by Crippen LogP contribution is -3.00. The van der Waals surface area contributed by atoms with Gasteiger partial charge in [-0.05, 0) is 6.07 Å². The minimum absolute atomic E-state index is 0. The van der Waals surface area contributed by atoms with E-state index in [1.807, 2.05) is 24.3 Å². The zero-order valence-corrected chi connectivity index (χ0v) is 12.2.